The summed E-state index contributed by atoms with van der Waals surface area (Å²) >= 11 is 5.96. The fourth-order valence-electron chi connectivity index (χ4n) is 5.66. The van der Waals surface area contributed by atoms with Crippen LogP contribution in [0.4, 0.5) is 0 Å². The fourth-order valence-corrected chi connectivity index (χ4v) is 5.79. The molecule has 9 heteroatoms. The molecule has 2 amide bonds. The van der Waals surface area contributed by atoms with Gasteiger partial charge in [-0.15, -0.1) is 0 Å². The molecular weight excluding hydrogens is 490 g/mol. The van der Waals surface area contributed by atoms with Crippen LogP contribution in [-0.4, -0.2) is 77.1 Å². The van der Waals surface area contributed by atoms with Gasteiger partial charge in [-0.05, 0) is 55.7 Å². The third-order valence-electron chi connectivity index (χ3n) is 7.57. The van der Waals surface area contributed by atoms with Gasteiger partial charge in [0.1, 0.15) is 5.82 Å². The number of likely N-dealkylation sites (tertiary alicyclic amines) is 2. The van der Waals surface area contributed by atoms with Crippen LogP contribution in [0.3, 0.4) is 0 Å². The predicted octanol–water partition coefficient (Wildman–Crippen LogP) is 3.53. The van der Waals surface area contributed by atoms with E-state index in [4.69, 9.17) is 27.1 Å². The Bertz CT molecular complexity index is 1260. The number of nitrogens with zero attached hydrogens (tertiary/aromatic N) is 4. The minimum atomic E-state index is -0.407. The molecule has 0 saturated carbocycles. The second-order valence-corrected chi connectivity index (χ2v) is 10.5. The Hall–Kier alpha value is -2.94. The largest absolute Gasteiger partial charge is 0.385 e. The van der Waals surface area contributed by atoms with Gasteiger partial charge < -0.3 is 24.8 Å². The quantitative estimate of drug-likeness (QED) is 0.478. The van der Waals surface area contributed by atoms with Gasteiger partial charge in [-0.2, -0.15) is 0 Å². The van der Waals surface area contributed by atoms with Crippen molar-refractivity contribution >= 4 is 34.4 Å². The lowest BCUT2D eigenvalue weighted by molar-refractivity contribution is -0.136. The highest BCUT2D eigenvalue weighted by Crippen LogP contribution is 2.31. The van der Waals surface area contributed by atoms with Crippen LogP contribution in [0.5, 0.6) is 0 Å². The second-order valence-electron chi connectivity index (χ2n) is 10.1. The van der Waals surface area contributed by atoms with Gasteiger partial charge in [0.2, 0.25) is 5.91 Å². The molecule has 2 aromatic carbocycles. The molecule has 5 rings (SSSR count). The summed E-state index contributed by atoms with van der Waals surface area (Å²) in [5.41, 5.74) is 9.06. The van der Waals surface area contributed by atoms with Gasteiger partial charge in [-0.1, -0.05) is 23.7 Å². The first-order valence-electron chi connectivity index (χ1n) is 13.0. The number of imidazole rings is 1. The number of amides is 2. The van der Waals surface area contributed by atoms with Crippen LogP contribution in [-0.2, 0) is 16.1 Å². The van der Waals surface area contributed by atoms with Gasteiger partial charge in [0.15, 0.2) is 0 Å². The number of halogens is 1. The maximum atomic E-state index is 13.7. The van der Waals surface area contributed by atoms with E-state index in [0.717, 1.165) is 42.7 Å². The van der Waals surface area contributed by atoms with Crippen LogP contribution in [0.15, 0.2) is 48.5 Å². The number of methoxy groups -OCH3 is 1. The van der Waals surface area contributed by atoms with Crippen molar-refractivity contribution in [2.45, 2.75) is 37.8 Å². The molecule has 3 aromatic rings. The molecule has 2 saturated heterocycles. The van der Waals surface area contributed by atoms with Gasteiger partial charge in [0, 0.05) is 69.0 Å². The molecule has 3 atom stereocenters. The van der Waals surface area contributed by atoms with Crippen LogP contribution < -0.4 is 5.73 Å². The van der Waals surface area contributed by atoms with Gasteiger partial charge in [-0.25, -0.2) is 4.98 Å². The van der Waals surface area contributed by atoms with Crippen molar-refractivity contribution in [1.29, 1.82) is 0 Å². The Balaban J connectivity index is 1.30. The maximum absolute atomic E-state index is 13.7. The fraction of sp³-hybridized carbons (Fsp3) is 0.464. The summed E-state index contributed by atoms with van der Waals surface area (Å²) in [5, 5.41) is 0.578. The summed E-state index contributed by atoms with van der Waals surface area (Å²) in [7, 11) is 1.72. The van der Waals surface area contributed by atoms with E-state index in [1.54, 1.807) is 36.3 Å². The van der Waals surface area contributed by atoms with Gasteiger partial charge in [0.25, 0.3) is 5.91 Å². The van der Waals surface area contributed by atoms with E-state index < -0.39 is 5.92 Å². The Morgan fingerprint density at radius 2 is 1.86 bits per heavy atom. The normalized spacial score (nSPS) is 22.1. The Morgan fingerprint density at radius 1 is 1.08 bits per heavy atom. The highest BCUT2D eigenvalue weighted by atomic mass is 35.5. The zero-order chi connectivity index (χ0) is 25.9. The van der Waals surface area contributed by atoms with Crippen molar-refractivity contribution in [2.24, 2.45) is 11.7 Å². The highest BCUT2D eigenvalue weighted by Gasteiger charge is 2.41. The number of hydrogen-bond donors (Lipinski definition) is 1. The predicted molar refractivity (Wildman–Crippen MR) is 144 cm³/mol. The molecule has 2 N–H and O–H groups in total. The molecular formula is C28H34ClN5O3. The smallest absolute Gasteiger partial charge is 0.253 e. The summed E-state index contributed by atoms with van der Waals surface area (Å²) in [5.74, 6) is 0.687. The summed E-state index contributed by atoms with van der Waals surface area (Å²) in [6.07, 6.45) is 2.79. The van der Waals surface area contributed by atoms with E-state index in [1.807, 2.05) is 23.1 Å². The third kappa shape index (κ3) is 5.37. The van der Waals surface area contributed by atoms with E-state index in [-0.39, 0.29) is 23.8 Å². The minimum absolute atomic E-state index is 0.0330. The number of piperidine rings is 1. The monoisotopic (exact) mass is 523 g/mol. The van der Waals surface area contributed by atoms with E-state index in [1.165, 1.54) is 0 Å². The van der Waals surface area contributed by atoms with Crippen molar-refractivity contribution in [3.63, 3.8) is 0 Å². The number of rotatable bonds is 7. The van der Waals surface area contributed by atoms with Crippen molar-refractivity contribution in [1.82, 2.24) is 19.4 Å². The molecule has 0 aliphatic carbocycles. The SMILES string of the molecule is COCCCn1c([C@@H]2CCCN(C(=O)[C@@H]3CN(C(=O)c4ccc(Cl)cc4)C[C@H]3N)C2)nc2ccccc21. The first-order chi connectivity index (χ1) is 18.0. The number of para-hydroxylation sites is 2. The van der Waals surface area contributed by atoms with Crippen molar-refractivity contribution in [2.75, 3.05) is 39.9 Å². The van der Waals surface area contributed by atoms with Crippen molar-refractivity contribution in [3.8, 4) is 0 Å². The van der Waals surface area contributed by atoms with Gasteiger partial charge in [-0.3, -0.25) is 9.59 Å². The molecule has 2 aliphatic heterocycles. The van der Waals surface area contributed by atoms with E-state index >= 15 is 0 Å². The molecule has 0 bridgehead atoms. The van der Waals surface area contributed by atoms with E-state index in [0.29, 0.717) is 43.4 Å². The highest BCUT2D eigenvalue weighted by molar-refractivity contribution is 6.30. The van der Waals surface area contributed by atoms with Crippen LogP contribution in [0.25, 0.3) is 11.0 Å². The lowest BCUT2D eigenvalue weighted by atomic mass is 9.94. The first-order valence-corrected chi connectivity index (χ1v) is 13.4. The van der Waals surface area contributed by atoms with Gasteiger partial charge in [0.05, 0.1) is 17.0 Å². The van der Waals surface area contributed by atoms with Crippen LogP contribution >= 0.6 is 11.6 Å². The number of hydrogen-bond acceptors (Lipinski definition) is 5. The topological polar surface area (TPSA) is 93.7 Å². The Kier molecular flexibility index (Phi) is 7.79. The number of nitrogens with two attached hydrogens (primary N) is 1. The van der Waals surface area contributed by atoms with Crippen molar-refractivity contribution in [3.05, 3.63) is 64.9 Å². The van der Waals surface area contributed by atoms with Crippen LogP contribution in [0.1, 0.15) is 41.4 Å². The molecule has 0 unspecified atom stereocenters. The molecule has 0 radical (unpaired) electrons. The molecule has 2 fully saturated rings. The Labute approximate surface area is 222 Å². The zero-order valence-corrected chi connectivity index (χ0v) is 21.9. The van der Waals surface area contributed by atoms with Crippen LogP contribution in [0.2, 0.25) is 5.02 Å². The van der Waals surface area contributed by atoms with Crippen molar-refractivity contribution < 1.29 is 14.3 Å². The third-order valence-corrected chi connectivity index (χ3v) is 7.83. The second kappa shape index (κ2) is 11.2. The molecule has 196 valence electrons. The lowest BCUT2D eigenvalue weighted by Gasteiger charge is -2.35. The summed E-state index contributed by atoms with van der Waals surface area (Å²) < 4.78 is 7.57. The molecule has 3 heterocycles. The summed E-state index contributed by atoms with van der Waals surface area (Å²) in [4.78, 5) is 35.3. The number of aromatic nitrogens is 2. The maximum Gasteiger partial charge on any atom is 0.253 e. The van der Waals surface area contributed by atoms with E-state index in [9.17, 15) is 9.59 Å². The minimum Gasteiger partial charge on any atom is -0.385 e. The molecule has 1 aromatic heterocycles. The number of carbonyl (C=O) groups excluding carboxylic acids is 2. The molecule has 0 spiro atoms. The number of fused-ring (bicyclic) bond motifs is 1. The summed E-state index contributed by atoms with van der Waals surface area (Å²) in [6, 6.07) is 14.6. The average Bonchev–Trinajstić information content (AvgIpc) is 3.49. The number of carbonyl (C=O) groups is 2. The Morgan fingerprint density at radius 3 is 2.65 bits per heavy atom. The van der Waals surface area contributed by atoms with E-state index in [2.05, 4.69) is 10.6 Å². The number of ether oxygens (including phenoxy) is 1. The summed E-state index contributed by atoms with van der Waals surface area (Å²) in [6.45, 7) is 3.52. The first kappa shape index (κ1) is 25.7. The number of aryl methyl sites for hydroxylation is 1. The standard InChI is InChI=1S/C28H34ClN5O3/c1-37-15-5-14-34-25-8-3-2-7-24(25)31-26(34)20-6-4-13-32(16-20)28(36)22-17-33(18-23(22)30)27(35)19-9-11-21(29)12-10-19/h2-3,7-12,20,22-23H,4-6,13-18,30H2,1H3/t20-,22-,23-/m1/s1. The molecule has 2 aliphatic rings. The number of benzene rings is 2. The average molecular weight is 524 g/mol. The lowest BCUT2D eigenvalue weighted by Crippen LogP contribution is -2.47. The molecule has 8 nitrogen and oxygen atoms in total. The van der Waals surface area contributed by atoms with Crippen LogP contribution in [0, 0.1) is 5.92 Å². The van der Waals surface area contributed by atoms with Gasteiger partial charge >= 0.3 is 0 Å². The molecule has 37 heavy (non-hydrogen) atoms. The zero-order valence-electron chi connectivity index (χ0n) is 21.2.